The number of amides is 1. The average Bonchev–Trinajstić information content (AvgIpc) is 2.76. The second-order valence-electron chi connectivity index (χ2n) is 7.06. The van der Waals surface area contributed by atoms with Crippen LogP contribution in [0.2, 0.25) is 0 Å². The second kappa shape index (κ2) is 7.33. The zero-order chi connectivity index (χ0) is 18.9. The van der Waals surface area contributed by atoms with Crippen LogP contribution in [0.25, 0.3) is 10.2 Å². The van der Waals surface area contributed by atoms with Gasteiger partial charge in [-0.2, -0.15) is 0 Å². The molecule has 2 aromatic rings. The molecular weight excluding hydrogens is 354 g/mol. The van der Waals surface area contributed by atoms with Gasteiger partial charge < -0.3 is 5.32 Å². The maximum Gasteiger partial charge on any atom is 0.263 e. The molecule has 2 aromatic heterocycles. The summed E-state index contributed by atoms with van der Waals surface area (Å²) in [6, 6.07) is 0. The summed E-state index contributed by atoms with van der Waals surface area (Å²) < 4.78 is 1.60. The number of hydrogen-bond acceptors (Lipinski definition) is 5. The minimum Gasteiger partial charge on any atom is -0.351 e. The molecule has 0 fully saturated rings. The highest BCUT2D eigenvalue weighted by Gasteiger charge is 2.23. The van der Waals surface area contributed by atoms with E-state index in [-0.39, 0.29) is 22.3 Å². The number of carbonyl (C=O) groups is 1. The van der Waals surface area contributed by atoms with Gasteiger partial charge in [-0.05, 0) is 47.1 Å². The standard InChI is InChI=1S/C18H25N3O2S2/c1-8-9-21-16(23)13-10(2)11(3)24-15(13)19-17(21)25-12(4)14(22)20-18(5,6)7/h8,12H,1,9H2,2-7H3,(H,20,22). The fourth-order valence-corrected chi connectivity index (χ4v) is 4.36. The highest BCUT2D eigenvalue weighted by Crippen LogP contribution is 2.29. The number of thioether (sulfide) groups is 1. The molecule has 1 atom stereocenters. The molecule has 0 aliphatic rings. The summed E-state index contributed by atoms with van der Waals surface area (Å²) in [5.41, 5.74) is 0.606. The van der Waals surface area contributed by atoms with Gasteiger partial charge >= 0.3 is 0 Å². The number of thiophene rings is 1. The first-order chi connectivity index (χ1) is 11.5. The van der Waals surface area contributed by atoms with E-state index in [1.54, 1.807) is 10.6 Å². The van der Waals surface area contributed by atoms with E-state index in [0.717, 1.165) is 15.3 Å². The monoisotopic (exact) mass is 379 g/mol. The van der Waals surface area contributed by atoms with Crippen molar-refractivity contribution >= 4 is 39.2 Å². The van der Waals surface area contributed by atoms with Crippen LogP contribution in [0.4, 0.5) is 0 Å². The van der Waals surface area contributed by atoms with E-state index in [1.807, 2.05) is 41.5 Å². The van der Waals surface area contributed by atoms with Gasteiger partial charge in [0, 0.05) is 17.0 Å². The van der Waals surface area contributed by atoms with E-state index in [1.165, 1.54) is 23.1 Å². The van der Waals surface area contributed by atoms with Gasteiger partial charge in [-0.3, -0.25) is 14.2 Å². The predicted molar refractivity (Wildman–Crippen MR) is 107 cm³/mol. The summed E-state index contributed by atoms with van der Waals surface area (Å²) in [5.74, 6) is -0.0736. The quantitative estimate of drug-likeness (QED) is 0.489. The average molecular weight is 380 g/mol. The Labute approximate surface area is 156 Å². The number of nitrogens with one attached hydrogen (secondary N) is 1. The second-order valence-corrected chi connectivity index (χ2v) is 9.57. The van der Waals surface area contributed by atoms with Crippen molar-refractivity contribution in [2.45, 2.75) is 64.0 Å². The predicted octanol–water partition coefficient (Wildman–Crippen LogP) is 3.66. The number of fused-ring (bicyclic) bond motifs is 1. The number of carbonyl (C=O) groups excluding carboxylic acids is 1. The van der Waals surface area contributed by atoms with Crippen LogP contribution in [0, 0.1) is 13.8 Å². The molecule has 0 radical (unpaired) electrons. The number of aryl methyl sites for hydroxylation is 2. The Morgan fingerprint density at radius 2 is 2.08 bits per heavy atom. The smallest absolute Gasteiger partial charge is 0.263 e. The fraction of sp³-hybridized carbons (Fsp3) is 0.500. The fourth-order valence-electron chi connectivity index (χ4n) is 2.37. The topological polar surface area (TPSA) is 64.0 Å². The Bertz CT molecular complexity index is 875. The summed E-state index contributed by atoms with van der Waals surface area (Å²) >= 11 is 2.82. The molecule has 25 heavy (non-hydrogen) atoms. The van der Waals surface area contributed by atoms with Gasteiger partial charge in [0.05, 0.1) is 10.6 Å². The van der Waals surface area contributed by atoms with Crippen molar-refractivity contribution in [3.63, 3.8) is 0 Å². The zero-order valence-electron chi connectivity index (χ0n) is 15.6. The Morgan fingerprint density at radius 3 is 2.64 bits per heavy atom. The first-order valence-electron chi connectivity index (χ1n) is 8.15. The molecule has 2 rings (SSSR count). The van der Waals surface area contributed by atoms with Crippen molar-refractivity contribution in [2.75, 3.05) is 0 Å². The highest BCUT2D eigenvalue weighted by atomic mass is 32.2. The maximum atomic E-state index is 12.9. The summed E-state index contributed by atoms with van der Waals surface area (Å²) in [7, 11) is 0. The number of hydrogen-bond donors (Lipinski definition) is 1. The van der Waals surface area contributed by atoms with Crippen LogP contribution in [0.5, 0.6) is 0 Å². The van der Waals surface area contributed by atoms with Crippen molar-refractivity contribution in [1.82, 2.24) is 14.9 Å². The lowest BCUT2D eigenvalue weighted by molar-refractivity contribution is -0.121. The summed E-state index contributed by atoms with van der Waals surface area (Å²) in [5, 5.41) is 3.82. The highest BCUT2D eigenvalue weighted by molar-refractivity contribution is 8.00. The van der Waals surface area contributed by atoms with Crippen molar-refractivity contribution in [1.29, 1.82) is 0 Å². The summed E-state index contributed by atoms with van der Waals surface area (Å²) in [6.07, 6.45) is 1.67. The first kappa shape index (κ1) is 19.7. The molecule has 0 bridgehead atoms. The largest absolute Gasteiger partial charge is 0.351 e. The van der Waals surface area contributed by atoms with Crippen LogP contribution < -0.4 is 10.9 Å². The Morgan fingerprint density at radius 1 is 1.44 bits per heavy atom. The molecular formula is C18H25N3O2S2. The molecule has 1 unspecified atom stereocenters. The van der Waals surface area contributed by atoms with Crippen molar-refractivity contribution in [2.24, 2.45) is 0 Å². The molecule has 1 N–H and O–H groups in total. The minimum atomic E-state index is -0.359. The van der Waals surface area contributed by atoms with Gasteiger partial charge in [0.2, 0.25) is 5.91 Å². The molecule has 5 nitrogen and oxygen atoms in total. The lowest BCUT2D eigenvalue weighted by Crippen LogP contribution is -2.44. The Kier molecular flexibility index (Phi) is 5.79. The van der Waals surface area contributed by atoms with Crippen LogP contribution in [0.1, 0.15) is 38.1 Å². The lowest BCUT2D eigenvalue weighted by atomic mass is 10.1. The van der Waals surface area contributed by atoms with Gasteiger partial charge in [0.1, 0.15) is 4.83 Å². The number of allylic oxidation sites excluding steroid dienone is 1. The van der Waals surface area contributed by atoms with E-state index >= 15 is 0 Å². The van der Waals surface area contributed by atoms with Crippen LogP contribution in [-0.2, 0) is 11.3 Å². The third kappa shape index (κ3) is 4.33. The van der Waals surface area contributed by atoms with E-state index in [2.05, 4.69) is 16.9 Å². The third-order valence-electron chi connectivity index (χ3n) is 3.72. The molecule has 2 heterocycles. The van der Waals surface area contributed by atoms with E-state index < -0.39 is 0 Å². The molecule has 7 heteroatoms. The lowest BCUT2D eigenvalue weighted by Gasteiger charge is -2.23. The minimum absolute atomic E-state index is 0.0716. The van der Waals surface area contributed by atoms with Crippen molar-refractivity contribution in [3.8, 4) is 0 Å². The van der Waals surface area contributed by atoms with Gasteiger partial charge in [0.15, 0.2) is 5.16 Å². The molecule has 0 saturated heterocycles. The molecule has 0 spiro atoms. The van der Waals surface area contributed by atoms with Crippen LogP contribution >= 0.6 is 23.1 Å². The molecule has 1 amide bonds. The van der Waals surface area contributed by atoms with E-state index in [9.17, 15) is 9.59 Å². The van der Waals surface area contributed by atoms with Crippen molar-refractivity contribution in [3.05, 3.63) is 33.4 Å². The molecule has 0 saturated carbocycles. The summed E-state index contributed by atoms with van der Waals surface area (Å²) in [4.78, 5) is 31.8. The number of rotatable bonds is 5. The first-order valence-corrected chi connectivity index (χ1v) is 9.85. The Hall–Kier alpha value is -1.60. The molecule has 136 valence electrons. The van der Waals surface area contributed by atoms with Gasteiger partial charge in [-0.15, -0.1) is 17.9 Å². The number of aromatic nitrogens is 2. The van der Waals surface area contributed by atoms with Gasteiger partial charge in [0.25, 0.3) is 5.56 Å². The molecule has 0 aliphatic carbocycles. The van der Waals surface area contributed by atoms with Crippen molar-refractivity contribution < 1.29 is 4.79 Å². The summed E-state index contributed by atoms with van der Waals surface area (Å²) in [6.45, 7) is 15.7. The number of nitrogens with zero attached hydrogens (tertiary/aromatic N) is 2. The van der Waals surface area contributed by atoms with Crippen LogP contribution in [-0.4, -0.2) is 26.2 Å². The normalized spacial score (nSPS) is 13.0. The third-order valence-corrected chi connectivity index (χ3v) is 5.91. The van der Waals surface area contributed by atoms with E-state index in [0.29, 0.717) is 17.1 Å². The van der Waals surface area contributed by atoms with Crippen LogP contribution in [0.3, 0.4) is 0 Å². The molecule has 0 aliphatic heterocycles. The SMILES string of the molecule is C=CCn1c(SC(C)C(=O)NC(C)(C)C)nc2sc(C)c(C)c2c1=O. The molecule has 0 aromatic carbocycles. The maximum absolute atomic E-state index is 12.9. The van der Waals surface area contributed by atoms with Gasteiger partial charge in [-0.1, -0.05) is 17.8 Å². The van der Waals surface area contributed by atoms with Crippen LogP contribution in [0.15, 0.2) is 22.6 Å². The zero-order valence-corrected chi connectivity index (χ0v) is 17.2. The van der Waals surface area contributed by atoms with E-state index in [4.69, 9.17) is 0 Å². The van der Waals surface area contributed by atoms with Gasteiger partial charge in [-0.25, -0.2) is 4.98 Å². The Balaban J connectivity index is 2.46.